The summed E-state index contributed by atoms with van der Waals surface area (Å²) in [7, 11) is -1.28. The molecule has 0 saturated carbocycles. The number of sulfone groups is 1. The molecule has 0 aliphatic heterocycles. The Hall–Kier alpha value is -0.740. The Bertz CT molecular complexity index is 454. The lowest BCUT2D eigenvalue weighted by Gasteiger charge is -2.13. The third-order valence-corrected chi connectivity index (χ3v) is 4.21. The van der Waals surface area contributed by atoms with E-state index >= 15 is 0 Å². The number of rotatable bonds is 7. The minimum atomic E-state index is -2.91. The molecule has 0 aliphatic rings. The van der Waals surface area contributed by atoms with Crippen molar-refractivity contribution in [3.8, 4) is 5.75 Å². The number of alkyl halides is 1. The van der Waals surface area contributed by atoms with E-state index in [2.05, 4.69) is 0 Å². The van der Waals surface area contributed by atoms with Gasteiger partial charge in [-0.05, 0) is 36.5 Å². The summed E-state index contributed by atoms with van der Waals surface area (Å²) >= 11 is 5.89. The van der Waals surface area contributed by atoms with Gasteiger partial charge in [-0.1, -0.05) is 12.1 Å². The molecule has 0 heterocycles. The smallest absolute Gasteiger partial charge is 0.147 e. The van der Waals surface area contributed by atoms with Gasteiger partial charge in [0.2, 0.25) is 0 Å². The first kappa shape index (κ1) is 15.3. The second-order valence-electron chi connectivity index (χ2n) is 4.49. The highest BCUT2D eigenvalue weighted by Gasteiger charge is 2.12. The molecule has 102 valence electrons. The zero-order valence-corrected chi connectivity index (χ0v) is 12.3. The summed E-state index contributed by atoms with van der Waals surface area (Å²) in [6.07, 6.45) is 2.66. The van der Waals surface area contributed by atoms with Crippen LogP contribution in [0.5, 0.6) is 5.75 Å². The van der Waals surface area contributed by atoms with E-state index in [9.17, 15) is 8.42 Å². The number of benzene rings is 1. The molecule has 5 heteroatoms. The molecule has 0 aliphatic carbocycles. The van der Waals surface area contributed by atoms with Crippen LogP contribution in [0, 0.1) is 5.92 Å². The molecule has 1 aromatic carbocycles. The van der Waals surface area contributed by atoms with E-state index in [-0.39, 0.29) is 11.7 Å². The van der Waals surface area contributed by atoms with Crippen molar-refractivity contribution in [2.24, 2.45) is 5.92 Å². The Labute approximate surface area is 114 Å². The number of hydrogen-bond donors (Lipinski definition) is 0. The molecule has 0 aromatic heterocycles. The van der Waals surface area contributed by atoms with E-state index in [0.717, 1.165) is 17.7 Å². The third-order valence-electron chi connectivity index (χ3n) is 2.80. The van der Waals surface area contributed by atoms with Crippen molar-refractivity contribution in [2.45, 2.75) is 12.8 Å². The second-order valence-corrected chi connectivity index (χ2v) is 7.06. The first-order chi connectivity index (χ1) is 8.44. The zero-order valence-electron chi connectivity index (χ0n) is 10.7. The highest BCUT2D eigenvalue weighted by Crippen LogP contribution is 2.18. The lowest BCUT2D eigenvalue weighted by molar-refractivity contribution is 0.414. The normalized spacial score (nSPS) is 13.3. The van der Waals surface area contributed by atoms with Crippen molar-refractivity contribution in [1.29, 1.82) is 0 Å². The zero-order chi connectivity index (χ0) is 13.6. The van der Waals surface area contributed by atoms with E-state index < -0.39 is 9.84 Å². The minimum absolute atomic E-state index is 0.190. The number of hydrogen-bond acceptors (Lipinski definition) is 3. The molecule has 0 saturated heterocycles. The Morgan fingerprint density at radius 1 is 1.28 bits per heavy atom. The van der Waals surface area contributed by atoms with Crippen LogP contribution >= 0.6 is 11.6 Å². The molecule has 0 N–H and O–H groups in total. The van der Waals surface area contributed by atoms with Crippen molar-refractivity contribution in [2.75, 3.05) is 25.0 Å². The summed E-state index contributed by atoms with van der Waals surface area (Å²) in [6, 6.07) is 7.77. The Morgan fingerprint density at radius 2 is 1.89 bits per heavy atom. The standard InChI is InChI=1S/C13H19ClO3S/c1-17-13-5-3-11(4-6-13)9-12(10-14)7-8-18(2,15)16/h3-6,12H,7-10H2,1-2H3. The maximum absolute atomic E-state index is 11.1. The van der Waals surface area contributed by atoms with Crippen molar-refractivity contribution in [3.63, 3.8) is 0 Å². The van der Waals surface area contributed by atoms with Crippen LogP contribution in [0.25, 0.3) is 0 Å². The van der Waals surface area contributed by atoms with Gasteiger partial charge in [0.25, 0.3) is 0 Å². The first-order valence-corrected chi connectivity index (χ1v) is 8.40. The monoisotopic (exact) mass is 290 g/mol. The molecular formula is C13H19ClO3S. The Morgan fingerprint density at radius 3 is 2.33 bits per heavy atom. The van der Waals surface area contributed by atoms with E-state index in [1.165, 1.54) is 6.26 Å². The van der Waals surface area contributed by atoms with Crippen LogP contribution in [0.15, 0.2) is 24.3 Å². The third kappa shape index (κ3) is 5.74. The SMILES string of the molecule is COc1ccc(CC(CCl)CCS(C)(=O)=O)cc1. The topological polar surface area (TPSA) is 43.4 Å². The predicted octanol–water partition coefficient (Wildman–Crippen LogP) is 2.53. The molecule has 3 nitrogen and oxygen atoms in total. The highest BCUT2D eigenvalue weighted by molar-refractivity contribution is 7.90. The van der Waals surface area contributed by atoms with Gasteiger partial charge in [0.1, 0.15) is 15.6 Å². The molecule has 1 rings (SSSR count). The van der Waals surface area contributed by atoms with Crippen molar-refractivity contribution in [3.05, 3.63) is 29.8 Å². The number of methoxy groups -OCH3 is 1. The minimum Gasteiger partial charge on any atom is -0.497 e. The molecule has 0 bridgehead atoms. The molecule has 1 unspecified atom stereocenters. The van der Waals surface area contributed by atoms with E-state index in [0.29, 0.717) is 12.3 Å². The van der Waals surface area contributed by atoms with Crippen LogP contribution in [0.1, 0.15) is 12.0 Å². The Kier molecular flexibility index (Phi) is 5.96. The van der Waals surface area contributed by atoms with Gasteiger partial charge in [0.05, 0.1) is 12.9 Å². The molecule has 18 heavy (non-hydrogen) atoms. The van der Waals surface area contributed by atoms with Gasteiger partial charge in [0, 0.05) is 12.1 Å². The quantitative estimate of drug-likeness (QED) is 0.725. The van der Waals surface area contributed by atoms with Gasteiger partial charge in [-0.2, -0.15) is 0 Å². The van der Waals surface area contributed by atoms with Crippen LogP contribution in [0.2, 0.25) is 0 Å². The summed E-state index contributed by atoms with van der Waals surface area (Å²) in [5.74, 6) is 1.68. The molecule has 1 aromatic rings. The van der Waals surface area contributed by atoms with Crippen molar-refractivity contribution >= 4 is 21.4 Å². The molecule has 1 atom stereocenters. The fourth-order valence-electron chi connectivity index (χ4n) is 1.71. The van der Waals surface area contributed by atoms with Crippen molar-refractivity contribution < 1.29 is 13.2 Å². The lowest BCUT2D eigenvalue weighted by atomic mass is 9.99. The van der Waals surface area contributed by atoms with Crippen LogP contribution in [-0.4, -0.2) is 33.4 Å². The van der Waals surface area contributed by atoms with Crippen LogP contribution in [-0.2, 0) is 16.3 Å². The van der Waals surface area contributed by atoms with Gasteiger partial charge in [-0.3, -0.25) is 0 Å². The van der Waals surface area contributed by atoms with Crippen LogP contribution < -0.4 is 4.74 Å². The van der Waals surface area contributed by atoms with Gasteiger partial charge >= 0.3 is 0 Å². The molecule has 0 spiro atoms. The van der Waals surface area contributed by atoms with E-state index in [1.54, 1.807) is 7.11 Å². The lowest BCUT2D eigenvalue weighted by Crippen LogP contribution is -2.13. The average molecular weight is 291 g/mol. The van der Waals surface area contributed by atoms with Crippen LogP contribution in [0.4, 0.5) is 0 Å². The summed E-state index contributed by atoms with van der Waals surface area (Å²) in [5, 5.41) is 0. The second kappa shape index (κ2) is 7.00. The summed E-state index contributed by atoms with van der Waals surface area (Å²) in [4.78, 5) is 0. The fourth-order valence-corrected chi connectivity index (χ4v) is 2.73. The summed E-state index contributed by atoms with van der Waals surface area (Å²) in [5.41, 5.74) is 1.15. The van der Waals surface area contributed by atoms with Gasteiger partial charge in [0.15, 0.2) is 0 Å². The van der Waals surface area contributed by atoms with Crippen molar-refractivity contribution in [1.82, 2.24) is 0 Å². The molecule has 0 amide bonds. The first-order valence-electron chi connectivity index (χ1n) is 5.81. The molecule has 0 fully saturated rings. The molecule has 0 radical (unpaired) electrons. The number of halogens is 1. The van der Waals surface area contributed by atoms with E-state index in [4.69, 9.17) is 16.3 Å². The summed E-state index contributed by atoms with van der Waals surface area (Å²) < 4.78 is 27.3. The van der Waals surface area contributed by atoms with Crippen LogP contribution in [0.3, 0.4) is 0 Å². The van der Waals surface area contributed by atoms with Gasteiger partial charge in [-0.15, -0.1) is 11.6 Å². The summed E-state index contributed by atoms with van der Waals surface area (Å²) in [6.45, 7) is 0. The highest BCUT2D eigenvalue weighted by atomic mass is 35.5. The maximum atomic E-state index is 11.1. The maximum Gasteiger partial charge on any atom is 0.147 e. The predicted molar refractivity (Wildman–Crippen MR) is 75.2 cm³/mol. The largest absolute Gasteiger partial charge is 0.497 e. The average Bonchev–Trinajstić information content (AvgIpc) is 2.34. The molecular weight excluding hydrogens is 272 g/mol. The van der Waals surface area contributed by atoms with Gasteiger partial charge in [-0.25, -0.2) is 8.42 Å². The number of ether oxygens (including phenoxy) is 1. The van der Waals surface area contributed by atoms with Gasteiger partial charge < -0.3 is 4.74 Å². The van der Waals surface area contributed by atoms with E-state index in [1.807, 2.05) is 24.3 Å². The fraction of sp³-hybridized carbons (Fsp3) is 0.538. The Balaban J connectivity index is 2.56.